The highest BCUT2D eigenvalue weighted by Gasteiger charge is 2.53. The van der Waals surface area contributed by atoms with E-state index in [9.17, 15) is 14.4 Å². The Hall–Kier alpha value is -2.46. The van der Waals surface area contributed by atoms with Gasteiger partial charge in [0.1, 0.15) is 6.04 Å². The molecule has 4 heterocycles. The van der Waals surface area contributed by atoms with Gasteiger partial charge < -0.3 is 15.0 Å². The number of morpholine rings is 1. The van der Waals surface area contributed by atoms with E-state index in [0.29, 0.717) is 27.9 Å². The topological polar surface area (TPSA) is 82.2 Å². The Morgan fingerprint density at radius 2 is 1.84 bits per heavy atom. The Morgan fingerprint density at radius 3 is 2.49 bits per heavy atom. The second kappa shape index (κ2) is 10.0. The maximum Gasteiger partial charge on any atom is 0.332 e. The van der Waals surface area contributed by atoms with E-state index in [1.807, 2.05) is 12.1 Å². The summed E-state index contributed by atoms with van der Waals surface area (Å²) in [6.07, 6.45) is 5.23. The fourth-order valence-corrected chi connectivity index (χ4v) is 7.13. The van der Waals surface area contributed by atoms with E-state index in [-0.39, 0.29) is 23.3 Å². The molecule has 196 valence electrons. The molecule has 2 atom stereocenters. The van der Waals surface area contributed by atoms with Gasteiger partial charge in [0.2, 0.25) is 0 Å². The van der Waals surface area contributed by atoms with E-state index in [1.54, 1.807) is 17.0 Å². The first kappa shape index (κ1) is 24.9. The van der Waals surface area contributed by atoms with Gasteiger partial charge in [-0.2, -0.15) is 0 Å². The average molecular weight is 543 g/mol. The van der Waals surface area contributed by atoms with Gasteiger partial charge in [-0.1, -0.05) is 30.2 Å². The first-order chi connectivity index (χ1) is 17.9. The number of hydrogen-bond donors (Lipinski definition) is 1. The molecule has 4 fully saturated rings. The van der Waals surface area contributed by atoms with Crippen molar-refractivity contribution in [2.75, 3.05) is 44.3 Å². The minimum Gasteiger partial charge on any atom is -0.379 e. The van der Waals surface area contributed by atoms with E-state index in [1.165, 1.54) is 41.1 Å². The third-order valence-corrected chi connectivity index (χ3v) is 9.71. The SMILES string of the molecule is O=C(N[C@@H]1CCN2C(=O)N(c3ccc(C4(CCN5CCOCC5)CCC4)cc3)C(=O)[C@H]12)c1ccc(Cl)s1. The Morgan fingerprint density at radius 1 is 1.08 bits per heavy atom. The molecule has 0 unspecified atom stereocenters. The second-order valence-electron chi connectivity index (χ2n) is 10.5. The molecule has 0 bridgehead atoms. The molecule has 3 saturated heterocycles. The van der Waals surface area contributed by atoms with Crippen molar-refractivity contribution < 1.29 is 19.1 Å². The largest absolute Gasteiger partial charge is 0.379 e. The van der Waals surface area contributed by atoms with Crippen LogP contribution in [-0.2, 0) is 14.9 Å². The summed E-state index contributed by atoms with van der Waals surface area (Å²) in [5.41, 5.74) is 2.05. The van der Waals surface area contributed by atoms with Crippen molar-refractivity contribution in [3.8, 4) is 0 Å². The van der Waals surface area contributed by atoms with Gasteiger partial charge in [-0.15, -0.1) is 11.3 Å². The molecule has 1 aromatic heterocycles. The maximum atomic E-state index is 13.4. The lowest BCUT2D eigenvalue weighted by Crippen LogP contribution is -2.46. The van der Waals surface area contributed by atoms with Crippen molar-refractivity contribution >= 4 is 46.5 Å². The molecule has 2 aromatic rings. The highest BCUT2D eigenvalue weighted by Crippen LogP contribution is 2.47. The van der Waals surface area contributed by atoms with Gasteiger partial charge in [-0.05, 0) is 67.5 Å². The lowest BCUT2D eigenvalue weighted by atomic mass is 9.62. The molecule has 1 N–H and O–H groups in total. The molecule has 4 aliphatic rings. The van der Waals surface area contributed by atoms with Crippen LogP contribution in [0.15, 0.2) is 36.4 Å². The van der Waals surface area contributed by atoms with Crippen LogP contribution in [0.2, 0.25) is 4.34 Å². The van der Waals surface area contributed by atoms with Crippen molar-refractivity contribution in [3.05, 3.63) is 51.2 Å². The van der Waals surface area contributed by atoms with E-state index < -0.39 is 12.1 Å². The van der Waals surface area contributed by atoms with Crippen LogP contribution >= 0.6 is 22.9 Å². The molecule has 10 heteroatoms. The number of urea groups is 1. The minimum atomic E-state index is -0.682. The summed E-state index contributed by atoms with van der Waals surface area (Å²) in [4.78, 5) is 45.1. The quantitative estimate of drug-likeness (QED) is 0.537. The number of benzene rings is 1. The van der Waals surface area contributed by atoms with Crippen LogP contribution < -0.4 is 10.2 Å². The van der Waals surface area contributed by atoms with Gasteiger partial charge in [0.25, 0.3) is 11.8 Å². The number of anilines is 1. The fraction of sp³-hybridized carbons (Fsp3) is 0.519. The van der Waals surface area contributed by atoms with Gasteiger partial charge in [0.05, 0.1) is 34.2 Å². The minimum absolute atomic E-state index is 0.177. The molecule has 8 nitrogen and oxygen atoms in total. The first-order valence-corrected chi connectivity index (χ1v) is 14.3. The molecule has 6 rings (SSSR count). The number of thiophene rings is 1. The highest BCUT2D eigenvalue weighted by molar-refractivity contribution is 7.18. The Balaban J connectivity index is 1.14. The lowest BCUT2D eigenvalue weighted by Gasteiger charge is -2.44. The summed E-state index contributed by atoms with van der Waals surface area (Å²) in [7, 11) is 0. The molecular weight excluding hydrogens is 512 g/mol. The number of ether oxygens (including phenoxy) is 1. The Bertz CT molecular complexity index is 1190. The lowest BCUT2D eigenvalue weighted by molar-refractivity contribution is -0.119. The van der Waals surface area contributed by atoms with Gasteiger partial charge in [-0.3, -0.25) is 14.5 Å². The van der Waals surface area contributed by atoms with Crippen molar-refractivity contribution in [1.29, 1.82) is 0 Å². The summed E-state index contributed by atoms with van der Waals surface area (Å²) in [6, 6.07) is 9.92. The van der Waals surface area contributed by atoms with Crippen LogP contribution in [0, 0.1) is 0 Å². The van der Waals surface area contributed by atoms with Crippen molar-refractivity contribution in [2.45, 2.75) is 49.6 Å². The Kier molecular flexibility index (Phi) is 6.73. The average Bonchev–Trinajstić information content (AvgIpc) is 3.57. The fourth-order valence-electron chi connectivity index (χ4n) is 6.18. The zero-order chi connectivity index (χ0) is 25.6. The zero-order valence-electron chi connectivity index (χ0n) is 20.7. The predicted octanol–water partition coefficient (Wildman–Crippen LogP) is 3.89. The van der Waals surface area contributed by atoms with Crippen LogP contribution in [0.1, 0.15) is 47.3 Å². The third kappa shape index (κ3) is 4.56. The standard InChI is InChI=1S/C27H31ClN4O4S/c28-22-7-6-21(37-22)24(33)29-20-8-12-31-23(20)25(34)32(26(31)35)19-4-2-18(3-5-19)27(9-1-10-27)11-13-30-14-16-36-17-15-30/h2-7,20,23H,1,8-17H2,(H,29,33)/t20-,23+/m1/s1. The number of fused-ring (bicyclic) bond motifs is 1. The summed E-state index contributed by atoms with van der Waals surface area (Å²) < 4.78 is 6.01. The summed E-state index contributed by atoms with van der Waals surface area (Å²) in [5.74, 6) is -0.551. The molecular formula is C27H31ClN4O4S. The number of imide groups is 1. The summed E-state index contributed by atoms with van der Waals surface area (Å²) >= 11 is 7.16. The monoisotopic (exact) mass is 542 g/mol. The molecule has 1 aromatic carbocycles. The molecule has 3 aliphatic heterocycles. The van der Waals surface area contributed by atoms with Crippen molar-refractivity contribution in [2.24, 2.45) is 0 Å². The van der Waals surface area contributed by atoms with Crippen molar-refractivity contribution in [1.82, 2.24) is 15.1 Å². The number of nitrogens with zero attached hydrogens (tertiary/aromatic N) is 3. The molecule has 4 amide bonds. The molecule has 37 heavy (non-hydrogen) atoms. The number of carbonyl (C=O) groups excluding carboxylic acids is 3. The van der Waals surface area contributed by atoms with Crippen molar-refractivity contribution in [3.63, 3.8) is 0 Å². The zero-order valence-corrected chi connectivity index (χ0v) is 22.2. The first-order valence-electron chi connectivity index (χ1n) is 13.1. The van der Waals surface area contributed by atoms with Gasteiger partial charge >= 0.3 is 6.03 Å². The summed E-state index contributed by atoms with van der Waals surface area (Å²) in [6.45, 7) is 5.11. The number of rotatable bonds is 7. The van der Waals surface area contributed by atoms with E-state index in [4.69, 9.17) is 16.3 Å². The normalized spacial score (nSPS) is 25.3. The van der Waals surface area contributed by atoms with Crippen LogP contribution in [-0.4, -0.2) is 79.1 Å². The second-order valence-corrected chi connectivity index (χ2v) is 12.2. The molecule has 0 spiro atoms. The number of amides is 4. The van der Waals surface area contributed by atoms with Gasteiger partial charge in [0.15, 0.2) is 0 Å². The molecule has 1 aliphatic carbocycles. The van der Waals surface area contributed by atoms with Crippen LogP contribution in [0.5, 0.6) is 0 Å². The predicted molar refractivity (Wildman–Crippen MR) is 142 cm³/mol. The van der Waals surface area contributed by atoms with E-state index >= 15 is 0 Å². The summed E-state index contributed by atoms with van der Waals surface area (Å²) in [5, 5.41) is 2.95. The van der Waals surface area contributed by atoms with E-state index in [0.717, 1.165) is 39.3 Å². The van der Waals surface area contributed by atoms with Crippen LogP contribution in [0.4, 0.5) is 10.5 Å². The molecule has 1 saturated carbocycles. The smallest absolute Gasteiger partial charge is 0.332 e. The van der Waals surface area contributed by atoms with E-state index in [2.05, 4.69) is 22.3 Å². The number of carbonyl (C=O) groups is 3. The van der Waals surface area contributed by atoms with Gasteiger partial charge in [-0.25, -0.2) is 9.69 Å². The number of hydrogen-bond acceptors (Lipinski definition) is 6. The molecule has 0 radical (unpaired) electrons. The highest BCUT2D eigenvalue weighted by atomic mass is 35.5. The third-order valence-electron chi connectivity index (χ3n) is 8.48. The number of nitrogens with one attached hydrogen (secondary N) is 1. The Labute approximate surface area is 225 Å². The number of halogens is 1. The van der Waals surface area contributed by atoms with Gasteiger partial charge in [0, 0.05) is 19.6 Å². The van der Waals surface area contributed by atoms with Crippen LogP contribution in [0.3, 0.4) is 0 Å². The maximum absolute atomic E-state index is 13.4. The van der Waals surface area contributed by atoms with Crippen LogP contribution in [0.25, 0.3) is 0 Å².